The van der Waals surface area contributed by atoms with Crippen molar-refractivity contribution in [1.82, 2.24) is 14.3 Å². The highest BCUT2D eigenvalue weighted by Gasteiger charge is 2.34. The molecule has 0 unspecified atom stereocenters. The standard InChI is InChI=1S/C18H20FN5O3S/c1-10(2)23-28(26,27)17-11(3)16(24-6-4-5-14(17)24)18(25)22-12-7-13(9-20)21-15(19)8-12/h7-8,10,23H,4-6H2,1-3H3,(H,21,22,25). The molecule has 2 N–H and O–H groups in total. The third-order valence-electron chi connectivity index (χ3n) is 4.39. The summed E-state index contributed by atoms with van der Waals surface area (Å²) in [6.07, 6.45) is 1.27. The number of nitriles is 1. The van der Waals surface area contributed by atoms with E-state index in [0.29, 0.717) is 24.2 Å². The molecule has 3 rings (SSSR count). The van der Waals surface area contributed by atoms with E-state index in [0.717, 1.165) is 12.5 Å². The van der Waals surface area contributed by atoms with E-state index in [1.54, 1.807) is 31.4 Å². The van der Waals surface area contributed by atoms with Crippen molar-refractivity contribution >= 4 is 21.6 Å². The van der Waals surface area contributed by atoms with Crippen molar-refractivity contribution in [2.24, 2.45) is 0 Å². The van der Waals surface area contributed by atoms with Gasteiger partial charge in [-0.1, -0.05) is 0 Å². The summed E-state index contributed by atoms with van der Waals surface area (Å²) in [4.78, 5) is 16.4. The summed E-state index contributed by atoms with van der Waals surface area (Å²) in [5, 5.41) is 11.4. The van der Waals surface area contributed by atoms with Crippen LogP contribution in [0.4, 0.5) is 10.1 Å². The Bertz CT molecular complexity index is 1100. The molecule has 0 spiro atoms. The summed E-state index contributed by atoms with van der Waals surface area (Å²) >= 11 is 0. The van der Waals surface area contributed by atoms with Crippen LogP contribution < -0.4 is 10.0 Å². The first-order valence-corrected chi connectivity index (χ1v) is 10.3. The Morgan fingerprint density at radius 1 is 1.39 bits per heavy atom. The molecule has 0 fully saturated rings. The number of pyridine rings is 1. The molecule has 0 aliphatic carbocycles. The summed E-state index contributed by atoms with van der Waals surface area (Å²) in [6, 6.07) is 3.68. The number of rotatable bonds is 5. The molecular formula is C18H20FN5O3S. The van der Waals surface area contributed by atoms with Gasteiger partial charge < -0.3 is 9.88 Å². The highest BCUT2D eigenvalue weighted by Crippen LogP contribution is 2.33. The molecule has 0 saturated carbocycles. The maximum absolute atomic E-state index is 13.5. The predicted molar refractivity (Wildman–Crippen MR) is 99.8 cm³/mol. The largest absolute Gasteiger partial charge is 0.339 e. The number of carbonyl (C=O) groups excluding carboxylic acids is 1. The second-order valence-corrected chi connectivity index (χ2v) is 8.56. The molecule has 148 valence electrons. The first kappa shape index (κ1) is 20.0. The Balaban J connectivity index is 2.04. The fraction of sp³-hybridized carbons (Fsp3) is 0.389. The van der Waals surface area contributed by atoms with Gasteiger partial charge in [0.2, 0.25) is 16.0 Å². The smallest absolute Gasteiger partial charge is 0.272 e. The van der Waals surface area contributed by atoms with Gasteiger partial charge in [0.05, 0.1) is 0 Å². The lowest BCUT2D eigenvalue weighted by Crippen LogP contribution is -2.31. The van der Waals surface area contributed by atoms with Gasteiger partial charge in [-0.25, -0.2) is 18.1 Å². The number of carbonyl (C=O) groups is 1. The molecule has 3 heterocycles. The minimum Gasteiger partial charge on any atom is -0.339 e. The first-order valence-electron chi connectivity index (χ1n) is 8.77. The zero-order chi connectivity index (χ0) is 20.6. The van der Waals surface area contributed by atoms with Crippen LogP contribution in [0.25, 0.3) is 0 Å². The number of nitrogens with one attached hydrogen (secondary N) is 2. The normalized spacial score (nSPS) is 13.4. The number of sulfonamides is 1. The van der Waals surface area contributed by atoms with Crippen LogP contribution in [0, 0.1) is 24.2 Å². The quantitative estimate of drug-likeness (QED) is 0.739. The van der Waals surface area contributed by atoms with Crippen LogP contribution in [0.1, 0.15) is 47.7 Å². The summed E-state index contributed by atoms with van der Waals surface area (Å²) < 4.78 is 43.4. The van der Waals surface area contributed by atoms with E-state index in [1.807, 2.05) is 0 Å². The highest BCUT2D eigenvalue weighted by molar-refractivity contribution is 7.89. The Morgan fingerprint density at radius 2 is 2.11 bits per heavy atom. The monoisotopic (exact) mass is 405 g/mol. The third kappa shape index (κ3) is 3.63. The highest BCUT2D eigenvalue weighted by atomic mass is 32.2. The zero-order valence-corrected chi connectivity index (χ0v) is 16.5. The average Bonchev–Trinajstić information content (AvgIpc) is 3.11. The van der Waals surface area contributed by atoms with E-state index < -0.39 is 21.9 Å². The van der Waals surface area contributed by atoms with E-state index in [2.05, 4.69) is 15.0 Å². The van der Waals surface area contributed by atoms with Gasteiger partial charge >= 0.3 is 0 Å². The molecule has 2 aromatic rings. The Hall–Kier alpha value is -2.77. The minimum atomic E-state index is -3.78. The molecule has 2 aromatic heterocycles. The minimum absolute atomic E-state index is 0.0757. The fourth-order valence-corrected chi connectivity index (χ4v) is 5.28. The molecule has 28 heavy (non-hydrogen) atoms. The van der Waals surface area contributed by atoms with E-state index >= 15 is 0 Å². The summed E-state index contributed by atoms with van der Waals surface area (Å²) in [6.45, 7) is 5.55. The van der Waals surface area contributed by atoms with Gasteiger partial charge in [0.1, 0.15) is 22.4 Å². The van der Waals surface area contributed by atoms with E-state index in [-0.39, 0.29) is 28.0 Å². The number of halogens is 1. The Kier molecular flexibility index (Phi) is 5.23. The van der Waals surface area contributed by atoms with Gasteiger partial charge in [0.25, 0.3) is 5.91 Å². The van der Waals surface area contributed by atoms with Crippen molar-refractivity contribution in [2.45, 2.75) is 51.1 Å². The fourth-order valence-electron chi connectivity index (χ4n) is 3.52. The van der Waals surface area contributed by atoms with Crippen LogP contribution in [0.2, 0.25) is 0 Å². The lowest BCUT2D eigenvalue weighted by Gasteiger charge is -2.11. The maximum Gasteiger partial charge on any atom is 0.272 e. The van der Waals surface area contributed by atoms with E-state index in [9.17, 15) is 17.6 Å². The number of nitrogens with zero attached hydrogens (tertiary/aromatic N) is 3. The lowest BCUT2D eigenvalue weighted by molar-refractivity contribution is 0.101. The maximum atomic E-state index is 13.5. The van der Waals surface area contributed by atoms with Gasteiger partial charge in [-0.15, -0.1) is 0 Å². The van der Waals surface area contributed by atoms with E-state index in [1.165, 1.54) is 6.07 Å². The SMILES string of the molecule is Cc1c(S(=O)(=O)NC(C)C)c2n(c1C(=O)Nc1cc(F)nc(C#N)c1)CCC2. The van der Waals surface area contributed by atoms with Crippen LogP contribution in [0.15, 0.2) is 17.0 Å². The molecule has 0 atom stereocenters. The van der Waals surface area contributed by atoms with Gasteiger partial charge in [-0.05, 0) is 39.7 Å². The third-order valence-corrected chi connectivity index (χ3v) is 6.25. The number of hydrogen-bond acceptors (Lipinski definition) is 5. The first-order chi connectivity index (χ1) is 13.1. The van der Waals surface area contributed by atoms with Crippen molar-refractivity contribution in [3.8, 4) is 6.07 Å². The summed E-state index contributed by atoms with van der Waals surface area (Å²) in [7, 11) is -3.78. The van der Waals surface area contributed by atoms with Crippen LogP contribution in [0.5, 0.6) is 0 Å². The van der Waals surface area contributed by atoms with E-state index in [4.69, 9.17) is 5.26 Å². The van der Waals surface area contributed by atoms with Crippen molar-refractivity contribution in [1.29, 1.82) is 5.26 Å². The van der Waals surface area contributed by atoms with Crippen molar-refractivity contribution < 1.29 is 17.6 Å². The molecule has 1 amide bonds. The summed E-state index contributed by atoms with van der Waals surface area (Å²) in [5.74, 6) is -1.46. The van der Waals surface area contributed by atoms with Crippen molar-refractivity contribution in [3.63, 3.8) is 0 Å². The number of fused-ring (bicyclic) bond motifs is 1. The van der Waals surface area contributed by atoms with Crippen LogP contribution in [-0.4, -0.2) is 29.9 Å². The van der Waals surface area contributed by atoms with Crippen molar-refractivity contribution in [2.75, 3.05) is 5.32 Å². The van der Waals surface area contributed by atoms with Gasteiger partial charge in [-0.2, -0.15) is 9.65 Å². The average molecular weight is 405 g/mol. The Labute approximate surface area is 162 Å². The molecule has 8 nitrogen and oxygen atoms in total. The molecule has 1 aliphatic heterocycles. The number of aromatic nitrogens is 2. The van der Waals surface area contributed by atoms with Crippen molar-refractivity contribution in [3.05, 3.63) is 40.7 Å². The second-order valence-electron chi connectivity index (χ2n) is 6.91. The van der Waals surface area contributed by atoms with Crippen LogP contribution >= 0.6 is 0 Å². The molecular weight excluding hydrogens is 385 g/mol. The number of amides is 1. The number of anilines is 1. The number of hydrogen-bond donors (Lipinski definition) is 2. The van der Waals surface area contributed by atoms with Crippen LogP contribution in [-0.2, 0) is 23.0 Å². The molecule has 0 radical (unpaired) electrons. The molecule has 1 aliphatic rings. The van der Waals surface area contributed by atoms with Gasteiger partial charge in [0.15, 0.2) is 0 Å². The lowest BCUT2D eigenvalue weighted by atomic mass is 10.2. The van der Waals surface area contributed by atoms with Gasteiger partial charge in [-0.3, -0.25) is 4.79 Å². The predicted octanol–water partition coefficient (Wildman–Crippen LogP) is 2.09. The molecule has 0 saturated heterocycles. The second kappa shape index (κ2) is 7.33. The van der Waals surface area contributed by atoms with Gasteiger partial charge in [0, 0.05) is 35.6 Å². The molecule has 10 heteroatoms. The summed E-state index contributed by atoms with van der Waals surface area (Å²) in [5.41, 5.74) is 1.06. The van der Waals surface area contributed by atoms with Crippen LogP contribution in [0.3, 0.4) is 0 Å². The molecule has 0 aromatic carbocycles. The Morgan fingerprint density at radius 3 is 2.75 bits per heavy atom. The topological polar surface area (TPSA) is 117 Å². The zero-order valence-electron chi connectivity index (χ0n) is 15.7. The molecule has 0 bridgehead atoms.